The summed E-state index contributed by atoms with van der Waals surface area (Å²) in [4.78, 5) is 10.7. The topological polar surface area (TPSA) is 69.2 Å². The Kier molecular flexibility index (Phi) is 3.23. The van der Waals surface area contributed by atoms with E-state index in [1.807, 2.05) is 18.2 Å². The lowest BCUT2D eigenvalue weighted by atomic mass is 10.2. The molecule has 2 N–H and O–H groups in total. The molecule has 0 aliphatic carbocycles. The number of hydrogen-bond donors (Lipinski definition) is 1. The molecule has 4 nitrogen and oxygen atoms in total. The Bertz CT molecular complexity index is 346. The minimum atomic E-state index is -0.838. The number of primary amides is 1. The summed E-state index contributed by atoms with van der Waals surface area (Å²) >= 11 is 0. The zero-order valence-corrected chi connectivity index (χ0v) is 7.88. The first-order valence-electron chi connectivity index (χ1n) is 4.26. The molecule has 0 aromatic heterocycles. The molecule has 14 heavy (non-hydrogen) atoms. The minimum Gasteiger partial charge on any atom is -0.623 e. The van der Waals surface area contributed by atoms with Crippen LogP contribution >= 0.6 is 0 Å². The van der Waals surface area contributed by atoms with Crippen molar-refractivity contribution in [3.63, 3.8) is 0 Å². The average Bonchev–Trinajstić information content (AvgIpc) is 2.18. The maximum Gasteiger partial charge on any atom is 0.287 e. The zero-order valence-electron chi connectivity index (χ0n) is 7.88. The molecule has 0 heterocycles. The molecule has 1 atom stereocenters. The number of benzene rings is 1. The van der Waals surface area contributed by atoms with Crippen LogP contribution in [0.3, 0.4) is 0 Å². The van der Waals surface area contributed by atoms with Crippen LogP contribution in [0.4, 0.5) is 0 Å². The van der Waals surface area contributed by atoms with Gasteiger partial charge in [0.05, 0.1) is 0 Å². The van der Waals surface area contributed by atoms with Gasteiger partial charge in [0.25, 0.3) is 5.91 Å². The molecule has 0 saturated heterocycles. The van der Waals surface area contributed by atoms with Gasteiger partial charge in [0.2, 0.25) is 6.04 Å². The fourth-order valence-corrected chi connectivity index (χ4v) is 0.923. The van der Waals surface area contributed by atoms with Crippen molar-refractivity contribution in [3.05, 3.63) is 41.1 Å². The number of hydroxylamine groups is 1. The number of nitrogens with two attached hydrogens (primary N) is 1. The summed E-state index contributed by atoms with van der Waals surface area (Å²) in [7, 11) is 0. The molecule has 1 aromatic carbocycles. The van der Waals surface area contributed by atoms with Gasteiger partial charge in [-0.2, -0.15) is 4.74 Å². The Morgan fingerprint density at radius 1 is 1.50 bits per heavy atom. The third-order valence-corrected chi connectivity index (χ3v) is 1.87. The summed E-state index contributed by atoms with van der Waals surface area (Å²) < 4.78 is 0.553. The Hall–Kier alpha value is -1.84. The van der Waals surface area contributed by atoms with Crippen molar-refractivity contribution in [2.45, 2.75) is 13.0 Å². The van der Waals surface area contributed by atoms with Gasteiger partial charge in [-0.3, -0.25) is 4.79 Å². The molecule has 0 saturated carbocycles. The van der Waals surface area contributed by atoms with Crippen LogP contribution in [0.1, 0.15) is 12.5 Å². The van der Waals surface area contributed by atoms with E-state index in [0.29, 0.717) is 4.74 Å². The van der Waals surface area contributed by atoms with Crippen molar-refractivity contribution in [3.8, 4) is 0 Å². The highest BCUT2D eigenvalue weighted by atomic mass is 16.5. The van der Waals surface area contributed by atoms with Gasteiger partial charge >= 0.3 is 0 Å². The minimum absolute atomic E-state index is 0.553. The van der Waals surface area contributed by atoms with Gasteiger partial charge in [0, 0.05) is 12.5 Å². The lowest BCUT2D eigenvalue weighted by Gasteiger charge is -2.08. The van der Waals surface area contributed by atoms with E-state index in [9.17, 15) is 10.0 Å². The smallest absolute Gasteiger partial charge is 0.287 e. The van der Waals surface area contributed by atoms with Crippen LogP contribution in [-0.2, 0) is 4.79 Å². The molecule has 0 fully saturated rings. The van der Waals surface area contributed by atoms with E-state index in [2.05, 4.69) is 0 Å². The average molecular weight is 192 g/mol. The molecule has 1 amide bonds. The first kappa shape index (κ1) is 10.2. The molecule has 0 aliphatic rings. The summed E-state index contributed by atoms with van der Waals surface area (Å²) in [5.74, 6) is -0.632. The fraction of sp³-hybridized carbons (Fsp3) is 0.200. The fourth-order valence-electron chi connectivity index (χ4n) is 0.923. The summed E-state index contributed by atoms with van der Waals surface area (Å²) in [5.41, 5.74) is 5.74. The zero-order chi connectivity index (χ0) is 10.6. The van der Waals surface area contributed by atoms with Crippen molar-refractivity contribution < 1.29 is 9.53 Å². The monoisotopic (exact) mass is 192 g/mol. The predicted octanol–water partition coefficient (Wildman–Crippen LogP) is 0.490. The summed E-state index contributed by atoms with van der Waals surface area (Å²) in [6, 6.07) is 8.19. The van der Waals surface area contributed by atoms with Crippen LogP contribution in [0, 0.1) is 5.21 Å². The van der Waals surface area contributed by atoms with Crippen LogP contribution < -0.4 is 5.73 Å². The van der Waals surface area contributed by atoms with Gasteiger partial charge in [0.15, 0.2) is 6.21 Å². The summed E-state index contributed by atoms with van der Waals surface area (Å²) in [6.07, 6.45) is 1.34. The van der Waals surface area contributed by atoms with E-state index in [0.717, 1.165) is 5.56 Å². The van der Waals surface area contributed by atoms with E-state index < -0.39 is 11.9 Å². The van der Waals surface area contributed by atoms with E-state index in [1.54, 1.807) is 12.1 Å². The number of amides is 1. The second-order valence-corrected chi connectivity index (χ2v) is 2.98. The number of carbonyl (C=O) groups is 1. The Labute approximate surface area is 82.2 Å². The lowest BCUT2D eigenvalue weighted by Crippen LogP contribution is -2.34. The molecular weight excluding hydrogens is 180 g/mol. The Morgan fingerprint density at radius 3 is 2.57 bits per heavy atom. The molecular formula is C10H12N2O2. The van der Waals surface area contributed by atoms with Crippen LogP contribution in [0.25, 0.3) is 0 Å². The highest BCUT2D eigenvalue weighted by molar-refractivity contribution is 5.80. The van der Waals surface area contributed by atoms with Crippen molar-refractivity contribution in [1.82, 2.24) is 0 Å². The van der Waals surface area contributed by atoms with Crippen molar-refractivity contribution in [2.75, 3.05) is 0 Å². The molecule has 0 aliphatic heterocycles. The van der Waals surface area contributed by atoms with Gasteiger partial charge < -0.3 is 10.9 Å². The van der Waals surface area contributed by atoms with Gasteiger partial charge in [-0.15, -0.1) is 0 Å². The van der Waals surface area contributed by atoms with Gasteiger partial charge in [0.1, 0.15) is 0 Å². The molecule has 0 spiro atoms. The maximum atomic E-state index is 11.3. The van der Waals surface area contributed by atoms with Gasteiger partial charge in [-0.1, -0.05) is 18.2 Å². The number of carbonyl (C=O) groups excluding carboxylic acids is 1. The lowest BCUT2D eigenvalue weighted by molar-refractivity contribution is -0.476. The molecule has 1 aromatic rings. The Morgan fingerprint density at radius 2 is 2.07 bits per heavy atom. The standard InChI is InChI=1S/C10H12N2O2/c1-8(10(11)13)12(14)7-9-5-3-2-4-6-9/h2-8H,1H3,(H2,11,13)/b12-7-. The van der Waals surface area contributed by atoms with Gasteiger partial charge in [-0.05, 0) is 12.1 Å². The summed E-state index contributed by atoms with van der Waals surface area (Å²) in [5, 5.41) is 11.3. The van der Waals surface area contributed by atoms with Crippen LogP contribution in [0.5, 0.6) is 0 Å². The second-order valence-electron chi connectivity index (χ2n) is 2.98. The largest absolute Gasteiger partial charge is 0.623 e. The SMILES string of the molecule is CC(C(N)=O)/[N+]([O-])=C/c1ccccc1. The third kappa shape index (κ3) is 2.58. The molecule has 0 radical (unpaired) electrons. The van der Waals surface area contributed by atoms with Crippen molar-refractivity contribution in [2.24, 2.45) is 5.73 Å². The first-order valence-corrected chi connectivity index (χ1v) is 4.26. The number of nitrogens with zero attached hydrogens (tertiary/aromatic N) is 1. The molecule has 1 rings (SSSR count). The molecule has 0 bridgehead atoms. The number of hydrogen-bond acceptors (Lipinski definition) is 2. The van der Waals surface area contributed by atoms with E-state index in [-0.39, 0.29) is 0 Å². The predicted molar refractivity (Wildman–Crippen MR) is 53.9 cm³/mol. The number of rotatable bonds is 3. The van der Waals surface area contributed by atoms with E-state index >= 15 is 0 Å². The quantitative estimate of drug-likeness (QED) is 0.328. The van der Waals surface area contributed by atoms with E-state index in [1.165, 1.54) is 13.1 Å². The highest BCUT2D eigenvalue weighted by Crippen LogP contribution is 1.95. The van der Waals surface area contributed by atoms with E-state index in [4.69, 9.17) is 5.73 Å². The maximum absolute atomic E-state index is 11.3. The normalized spacial score (nSPS) is 13.6. The van der Waals surface area contributed by atoms with Crippen LogP contribution in [0.15, 0.2) is 30.3 Å². The first-order chi connectivity index (χ1) is 6.61. The second kappa shape index (κ2) is 4.41. The summed E-state index contributed by atoms with van der Waals surface area (Å²) in [6.45, 7) is 1.47. The van der Waals surface area contributed by atoms with Gasteiger partial charge in [-0.25, -0.2) is 0 Å². The molecule has 74 valence electrons. The van der Waals surface area contributed by atoms with Crippen LogP contribution in [0.2, 0.25) is 0 Å². The third-order valence-electron chi connectivity index (χ3n) is 1.87. The molecule has 1 unspecified atom stereocenters. The van der Waals surface area contributed by atoms with Crippen molar-refractivity contribution in [1.29, 1.82) is 0 Å². The van der Waals surface area contributed by atoms with Crippen LogP contribution in [-0.4, -0.2) is 22.9 Å². The van der Waals surface area contributed by atoms with Crippen molar-refractivity contribution >= 4 is 12.1 Å². The Balaban J connectivity index is 2.84. The highest BCUT2D eigenvalue weighted by Gasteiger charge is 2.15. The molecule has 4 heteroatoms.